The molecule has 78 valence electrons. The molecule has 1 fully saturated rings. The first-order valence-electron chi connectivity index (χ1n) is 4.72. The third kappa shape index (κ3) is 3.23. The molecule has 4 heteroatoms. The summed E-state index contributed by atoms with van der Waals surface area (Å²) in [5.41, 5.74) is 5.89. The second kappa shape index (κ2) is 4.91. The molecule has 0 aliphatic carbocycles. The molecule has 1 saturated heterocycles. The molecule has 0 radical (unpaired) electrons. The van der Waals surface area contributed by atoms with Crippen LogP contribution in [0.2, 0.25) is 0 Å². The molecule has 2 N–H and O–H groups in total. The zero-order chi connectivity index (χ0) is 9.84. The van der Waals surface area contributed by atoms with Crippen molar-refractivity contribution in [3.05, 3.63) is 0 Å². The van der Waals surface area contributed by atoms with Crippen LogP contribution in [0.25, 0.3) is 0 Å². The van der Waals surface area contributed by atoms with Crippen LogP contribution in [0.5, 0.6) is 0 Å². The van der Waals surface area contributed by atoms with E-state index in [1.165, 1.54) is 0 Å². The Morgan fingerprint density at radius 2 is 2.23 bits per heavy atom. The lowest BCUT2D eigenvalue weighted by Gasteiger charge is -2.18. The van der Waals surface area contributed by atoms with Crippen LogP contribution in [-0.4, -0.2) is 57.0 Å². The van der Waals surface area contributed by atoms with Gasteiger partial charge >= 0.3 is 0 Å². The predicted octanol–water partition coefficient (Wildman–Crippen LogP) is -0.321. The molecule has 13 heavy (non-hydrogen) atoms. The fourth-order valence-electron chi connectivity index (χ4n) is 1.50. The molecule has 1 aliphatic rings. The Morgan fingerprint density at radius 3 is 2.69 bits per heavy atom. The minimum atomic E-state index is 0.147. The van der Waals surface area contributed by atoms with Gasteiger partial charge in [0.05, 0.1) is 18.8 Å². The van der Waals surface area contributed by atoms with Crippen molar-refractivity contribution in [2.75, 3.05) is 33.9 Å². The maximum Gasteiger partial charge on any atom is 0.0866 e. The van der Waals surface area contributed by atoms with Gasteiger partial charge in [-0.3, -0.25) is 0 Å². The highest BCUT2D eigenvalue weighted by atomic mass is 16.5. The van der Waals surface area contributed by atoms with E-state index < -0.39 is 0 Å². The number of nitrogens with two attached hydrogens (primary N) is 1. The average Bonchev–Trinajstić information content (AvgIpc) is 2.41. The minimum absolute atomic E-state index is 0.147. The summed E-state index contributed by atoms with van der Waals surface area (Å²) in [7, 11) is 3.75. The van der Waals surface area contributed by atoms with E-state index in [1.54, 1.807) is 7.11 Å². The van der Waals surface area contributed by atoms with Crippen molar-refractivity contribution in [3.8, 4) is 0 Å². The highest BCUT2D eigenvalue weighted by Gasteiger charge is 2.28. The summed E-state index contributed by atoms with van der Waals surface area (Å²) in [5.74, 6) is 0. The van der Waals surface area contributed by atoms with Crippen molar-refractivity contribution in [1.29, 1.82) is 0 Å². The van der Waals surface area contributed by atoms with Gasteiger partial charge in [-0.05, 0) is 14.0 Å². The molecule has 0 aromatic heterocycles. The zero-order valence-electron chi connectivity index (χ0n) is 8.69. The van der Waals surface area contributed by atoms with Gasteiger partial charge in [0.1, 0.15) is 0 Å². The number of ether oxygens (including phenoxy) is 2. The summed E-state index contributed by atoms with van der Waals surface area (Å²) < 4.78 is 10.7. The third-order valence-electron chi connectivity index (χ3n) is 2.44. The number of likely N-dealkylation sites (tertiary alicyclic amines) is 1. The second-order valence-corrected chi connectivity index (χ2v) is 3.80. The van der Waals surface area contributed by atoms with E-state index in [2.05, 4.69) is 11.9 Å². The van der Waals surface area contributed by atoms with Crippen LogP contribution < -0.4 is 5.73 Å². The number of nitrogens with zero attached hydrogens (tertiary/aromatic N) is 1. The van der Waals surface area contributed by atoms with Gasteiger partial charge < -0.3 is 20.1 Å². The summed E-state index contributed by atoms with van der Waals surface area (Å²) in [6, 6.07) is 0.147. The van der Waals surface area contributed by atoms with Crippen LogP contribution in [0.15, 0.2) is 0 Å². The van der Waals surface area contributed by atoms with Crippen molar-refractivity contribution in [2.45, 2.75) is 25.2 Å². The standard InChI is InChI=1S/C9H20N2O2/c1-7(12-3)6-13-9-5-11(2)4-8(9)10/h7-9H,4-6,10H2,1-3H3. The average molecular weight is 188 g/mol. The lowest BCUT2D eigenvalue weighted by molar-refractivity contribution is -0.0194. The molecule has 1 heterocycles. The van der Waals surface area contributed by atoms with E-state index in [0.717, 1.165) is 13.1 Å². The Hall–Kier alpha value is -0.160. The Labute approximate surface area is 80.0 Å². The molecule has 0 aromatic carbocycles. The topological polar surface area (TPSA) is 47.7 Å². The zero-order valence-corrected chi connectivity index (χ0v) is 8.69. The molecule has 1 aliphatic heterocycles. The maximum absolute atomic E-state index is 5.89. The summed E-state index contributed by atoms with van der Waals surface area (Å²) >= 11 is 0. The van der Waals surface area contributed by atoms with Crippen molar-refractivity contribution < 1.29 is 9.47 Å². The minimum Gasteiger partial charge on any atom is -0.379 e. The molecule has 4 nitrogen and oxygen atoms in total. The lowest BCUT2D eigenvalue weighted by Crippen LogP contribution is -2.36. The van der Waals surface area contributed by atoms with Crippen molar-refractivity contribution >= 4 is 0 Å². The first-order valence-corrected chi connectivity index (χ1v) is 4.72. The second-order valence-electron chi connectivity index (χ2n) is 3.80. The maximum atomic E-state index is 5.89. The fraction of sp³-hybridized carbons (Fsp3) is 1.00. The van der Waals surface area contributed by atoms with E-state index >= 15 is 0 Å². The smallest absolute Gasteiger partial charge is 0.0866 e. The summed E-state index contributed by atoms with van der Waals surface area (Å²) in [6.45, 7) is 4.47. The molecule has 0 saturated carbocycles. The fourth-order valence-corrected chi connectivity index (χ4v) is 1.50. The first kappa shape index (κ1) is 10.9. The van der Waals surface area contributed by atoms with Gasteiger partial charge in [0.15, 0.2) is 0 Å². The highest BCUT2D eigenvalue weighted by Crippen LogP contribution is 2.10. The molecule has 1 rings (SSSR count). The molecule has 0 spiro atoms. The van der Waals surface area contributed by atoms with E-state index in [4.69, 9.17) is 15.2 Å². The number of methoxy groups -OCH3 is 1. The van der Waals surface area contributed by atoms with Gasteiger partial charge in [0.25, 0.3) is 0 Å². The summed E-state index contributed by atoms with van der Waals surface area (Å²) in [6.07, 6.45) is 0.320. The monoisotopic (exact) mass is 188 g/mol. The third-order valence-corrected chi connectivity index (χ3v) is 2.44. The van der Waals surface area contributed by atoms with Gasteiger partial charge in [-0.25, -0.2) is 0 Å². The first-order chi connectivity index (χ1) is 6.13. The van der Waals surface area contributed by atoms with Gasteiger partial charge in [0.2, 0.25) is 0 Å². The van der Waals surface area contributed by atoms with Crippen LogP contribution in [0, 0.1) is 0 Å². The molecular weight excluding hydrogens is 168 g/mol. The van der Waals surface area contributed by atoms with E-state index in [-0.39, 0.29) is 18.2 Å². The Morgan fingerprint density at radius 1 is 1.54 bits per heavy atom. The summed E-state index contributed by atoms with van der Waals surface area (Å²) in [4.78, 5) is 2.19. The SMILES string of the molecule is COC(C)COC1CN(C)CC1N. The Kier molecular flexibility index (Phi) is 4.12. The molecule has 0 amide bonds. The van der Waals surface area contributed by atoms with Gasteiger partial charge in [0, 0.05) is 26.2 Å². The number of likely N-dealkylation sites (N-methyl/N-ethyl adjacent to an activating group) is 1. The van der Waals surface area contributed by atoms with Crippen LogP contribution >= 0.6 is 0 Å². The van der Waals surface area contributed by atoms with Crippen LogP contribution in [0.4, 0.5) is 0 Å². The van der Waals surface area contributed by atoms with Crippen LogP contribution in [0.1, 0.15) is 6.92 Å². The number of hydrogen-bond donors (Lipinski definition) is 1. The van der Waals surface area contributed by atoms with Crippen LogP contribution in [0.3, 0.4) is 0 Å². The lowest BCUT2D eigenvalue weighted by atomic mass is 10.2. The van der Waals surface area contributed by atoms with Crippen molar-refractivity contribution in [2.24, 2.45) is 5.73 Å². The Bertz CT molecular complexity index is 155. The predicted molar refractivity (Wildman–Crippen MR) is 51.7 cm³/mol. The molecule has 0 bridgehead atoms. The quantitative estimate of drug-likeness (QED) is 0.657. The van der Waals surface area contributed by atoms with E-state index in [9.17, 15) is 0 Å². The normalized spacial score (nSPS) is 32.3. The molecular formula is C9H20N2O2. The van der Waals surface area contributed by atoms with Gasteiger partial charge in [-0.1, -0.05) is 0 Å². The molecule has 0 aromatic rings. The molecule has 3 atom stereocenters. The summed E-state index contributed by atoms with van der Waals surface area (Å²) in [5, 5.41) is 0. The van der Waals surface area contributed by atoms with E-state index in [1.807, 2.05) is 6.92 Å². The number of hydrogen-bond acceptors (Lipinski definition) is 4. The van der Waals surface area contributed by atoms with Crippen LogP contribution in [-0.2, 0) is 9.47 Å². The van der Waals surface area contributed by atoms with Crippen molar-refractivity contribution in [1.82, 2.24) is 4.90 Å². The molecule has 3 unspecified atom stereocenters. The Balaban J connectivity index is 2.21. The van der Waals surface area contributed by atoms with Gasteiger partial charge in [-0.2, -0.15) is 0 Å². The van der Waals surface area contributed by atoms with Crippen molar-refractivity contribution in [3.63, 3.8) is 0 Å². The van der Waals surface area contributed by atoms with Gasteiger partial charge in [-0.15, -0.1) is 0 Å². The highest BCUT2D eigenvalue weighted by molar-refractivity contribution is 4.86. The largest absolute Gasteiger partial charge is 0.379 e. The van der Waals surface area contributed by atoms with E-state index in [0.29, 0.717) is 6.61 Å². The number of rotatable bonds is 4.